The van der Waals surface area contributed by atoms with Gasteiger partial charge in [-0.2, -0.15) is 0 Å². The highest BCUT2D eigenvalue weighted by Gasteiger charge is 2.18. The van der Waals surface area contributed by atoms with Gasteiger partial charge in [0.05, 0.1) is 13.2 Å². The van der Waals surface area contributed by atoms with Crippen molar-refractivity contribution in [2.24, 2.45) is 0 Å². The molecule has 0 radical (unpaired) electrons. The van der Waals surface area contributed by atoms with Crippen LogP contribution >= 0.6 is 0 Å². The van der Waals surface area contributed by atoms with Crippen LogP contribution in [0.3, 0.4) is 0 Å². The predicted molar refractivity (Wildman–Crippen MR) is 62.7 cm³/mol. The molecule has 17 heavy (non-hydrogen) atoms. The van der Waals surface area contributed by atoms with Crippen LogP contribution < -0.4 is 5.32 Å². The molecule has 2 rings (SSSR count). The minimum absolute atomic E-state index is 0.0329. The highest BCUT2D eigenvalue weighted by molar-refractivity contribution is 5.97. The lowest BCUT2D eigenvalue weighted by Gasteiger charge is -2.23. The molecule has 92 valence electrons. The van der Waals surface area contributed by atoms with E-state index in [1.807, 2.05) is 0 Å². The second-order valence-electron chi connectivity index (χ2n) is 4.31. The number of ketones is 1. The van der Waals surface area contributed by atoms with E-state index in [0.29, 0.717) is 30.8 Å². The van der Waals surface area contributed by atoms with Crippen LogP contribution in [0, 0.1) is 12.7 Å². The second-order valence-corrected chi connectivity index (χ2v) is 4.31. The van der Waals surface area contributed by atoms with Gasteiger partial charge in [0.2, 0.25) is 0 Å². The molecule has 1 aliphatic heterocycles. The molecule has 1 aromatic carbocycles. The van der Waals surface area contributed by atoms with Crippen LogP contribution in [0.4, 0.5) is 4.39 Å². The number of morpholine rings is 1. The van der Waals surface area contributed by atoms with Crippen molar-refractivity contribution in [2.45, 2.75) is 19.4 Å². The minimum Gasteiger partial charge on any atom is -0.378 e. The average molecular weight is 237 g/mol. The largest absolute Gasteiger partial charge is 0.378 e. The fraction of sp³-hybridized carbons (Fsp3) is 0.462. The summed E-state index contributed by atoms with van der Waals surface area (Å²) < 4.78 is 18.2. The summed E-state index contributed by atoms with van der Waals surface area (Å²) in [5, 5.41) is 3.23. The summed E-state index contributed by atoms with van der Waals surface area (Å²) in [6.45, 7) is 3.79. The maximum atomic E-state index is 12.9. The van der Waals surface area contributed by atoms with Gasteiger partial charge in [-0.05, 0) is 30.7 Å². The molecule has 0 saturated carbocycles. The van der Waals surface area contributed by atoms with Crippen LogP contribution in [0.2, 0.25) is 0 Å². The molecule has 0 aromatic heterocycles. The number of Topliss-reactive ketones (excluding diaryl/α,β-unsaturated/α-hetero) is 1. The molecule has 3 nitrogen and oxygen atoms in total. The Morgan fingerprint density at radius 2 is 2.41 bits per heavy atom. The Morgan fingerprint density at radius 3 is 3.06 bits per heavy atom. The van der Waals surface area contributed by atoms with Crippen molar-refractivity contribution < 1.29 is 13.9 Å². The number of benzene rings is 1. The molecule has 1 fully saturated rings. The third-order valence-corrected chi connectivity index (χ3v) is 2.92. The minimum atomic E-state index is -0.307. The standard InChI is InChI=1S/C13H16FNO2/c1-9-6-10(14)2-3-12(9)13(16)7-11-8-17-5-4-15-11/h2-3,6,11,15H,4-5,7-8H2,1H3. The van der Waals surface area contributed by atoms with E-state index in [9.17, 15) is 9.18 Å². The van der Waals surface area contributed by atoms with Crippen molar-refractivity contribution in [3.05, 3.63) is 35.1 Å². The average Bonchev–Trinajstić information content (AvgIpc) is 2.30. The molecule has 1 saturated heterocycles. The van der Waals surface area contributed by atoms with Crippen molar-refractivity contribution in [1.82, 2.24) is 5.32 Å². The van der Waals surface area contributed by atoms with Crippen LogP contribution in [0.15, 0.2) is 18.2 Å². The number of hydrogen-bond donors (Lipinski definition) is 1. The first-order chi connectivity index (χ1) is 8.16. The van der Waals surface area contributed by atoms with Gasteiger partial charge >= 0.3 is 0 Å². The molecular weight excluding hydrogens is 221 g/mol. The molecular formula is C13H16FNO2. The molecule has 1 heterocycles. The van der Waals surface area contributed by atoms with Crippen LogP contribution in [0.1, 0.15) is 22.3 Å². The van der Waals surface area contributed by atoms with Crippen LogP contribution in [-0.4, -0.2) is 31.6 Å². The molecule has 0 spiro atoms. The lowest BCUT2D eigenvalue weighted by Crippen LogP contribution is -2.42. The second kappa shape index (κ2) is 5.38. The van der Waals surface area contributed by atoms with E-state index in [1.54, 1.807) is 13.0 Å². The lowest BCUT2D eigenvalue weighted by molar-refractivity contribution is 0.0676. The number of carbonyl (C=O) groups excluding carboxylic acids is 1. The molecule has 0 bridgehead atoms. The molecule has 4 heteroatoms. The zero-order valence-electron chi connectivity index (χ0n) is 9.83. The Morgan fingerprint density at radius 1 is 1.59 bits per heavy atom. The predicted octanol–water partition coefficient (Wildman–Crippen LogP) is 1.70. The van der Waals surface area contributed by atoms with E-state index >= 15 is 0 Å². The van der Waals surface area contributed by atoms with Crippen molar-refractivity contribution >= 4 is 5.78 Å². The van der Waals surface area contributed by atoms with Gasteiger partial charge in [0.1, 0.15) is 5.82 Å². The monoisotopic (exact) mass is 237 g/mol. The highest BCUT2D eigenvalue weighted by Crippen LogP contribution is 2.14. The van der Waals surface area contributed by atoms with Gasteiger partial charge < -0.3 is 10.1 Å². The van der Waals surface area contributed by atoms with E-state index in [1.165, 1.54) is 12.1 Å². The Kier molecular flexibility index (Phi) is 3.86. The first-order valence-corrected chi connectivity index (χ1v) is 5.77. The quantitative estimate of drug-likeness (QED) is 0.813. The van der Waals surface area contributed by atoms with E-state index in [0.717, 1.165) is 6.54 Å². The topological polar surface area (TPSA) is 38.3 Å². The Hall–Kier alpha value is -1.26. The summed E-state index contributed by atoms with van der Waals surface area (Å²) in [6, 6.07) is 4.33. The molecule has 1 N–H and O–H groups in total. The third-order valence-electron chi connectivity index (χ3n) is 2.92. The molecule has 1 aromatic rings. The highest BCUT2D eigenvalue weighted by atomic mass is 19.1. The van der Waals surface area contributed by atoms with E-state index in [-0.39, 0.29) is 17.6 Å². The van der Waals surface area contributed by atoms with Gasteiger partial charge in [-0.25, -0.2) is 4.39 Å². The first kappa shape index (κ1) is 12.2. The zero-order chi connectivity index (χ0) is 12.3. The summed E-state index contributed by atoms with van der Waals surface area (Å²) in [4.78, 5) is 12.0. The fourth-order valence-corrected chi connectivity index (χ4v) is 2.02. The van der Waals surface area contributed by atoms with E-state index in [4.69, 9.17) is 4.74 Å². The van der Waals surface area contributed by atoms with Crippen LogP contribution in [0.25, 0.3) is 0 Å². The van der Waals surface area contributed by atoms with Crippen LogP contribution in [-0.2, 0) is 4.74 Å². The lowest BCUT2D eigenvalue weighted by atomic mass is 9.99. The summed E-state index contributed by atoms with van der Waals surface area (Å²) >= 11 is 0. The summed E-state index contributed by atoms with van der Waals surface area (Å²) in [7, 11) is 0. The van der Waals surface area contributed by atoms with Crippen molar-refractivity contribution in [3.63, 3.8) is 0 Å². The number of carbonyl (C=O) groups is 1. The van der Waals surface area contributed by atoms with Crippen molar-refractivity contribution in [3.8, 4) is 0 Å². The number of hydrogen-bond acceptors (Lipinski definition) is 3. The van der Waals surface area contributed by atoms with Crippen molar-refractivity contribution in [1.29, 1.82) is 0 Å². The van der Waals surface area contributed by atoms with E-state index in [2.05, 4.69) is 5.32 Å². The summed E-state index contributed by atoms with van der Waals surface area (Å²) in [6.07, 6.45) is 0.395. The first-order valence-electron chi connectivity index (χ1n) is 5.77. The number of halogens is 1. The maximum absolute atomic E-state index is 12.9. The van der Waals surface area contributed by atoms with Gasteiger partial charge in [-0.1, -0.05) is 0 Å². The Balaban J connectivity index is 2.03. The van der Waals surface area contributed by atoms with E-state index < -0.39 is 0 Å². The normalized spacial score (nSPS) is 20.2. The number of ether oxygens (including phenoxy) is 1. The molecule has 1 atom stereocenters. The summed E-state index contributed by atoms with van der Waals surface area (Å²) in [5.41, 5.74) is 1.28. The van der Waals surface area contributed by atoms with Gasteiger partial charge in [0.15, 0.2) is 5.78 Å². The number of nitrogens with one attached hydrogen (secondary N) is 1. The molecule has 1 unspecified atom stereocenters. The van der Waals surface area contributed by atoms with Gasteiger partial charge in [0.25, 0.3) is 0 Å². The zero-order valence-corrected chi connectivity index (χ0v) is 9.83. The number of rotatable bonds is 3. The fourth-order valence-electron chi connectivity index (χ4n) is 2.02. The molecule has 0 aliphatic carbocycles. The van der Waals surface area contributed by atoms with Gasteiger partial charge in [-0.15, -0.1) is 0 Å². The Bertz CT molecular complexity index is 414. The van der Waals surface area contributed by atoms with Crippen LogP contribution in [0.5, 0.6) is 0 Å². The maximum Gasteiger partial charge on any atom is 0.164 e. The third kappa shape index (κ3) is 3.11. The molecule has 1 aliphatic rings. The SMILES string of the molecule is Cc1cc(F)ccc1C(=O)CC1COCCN1. The Labute approximate surface area is 100.0 Å². The smallest absolute Gasteiger partial charge is 0.164 e. The summed E-state index contributed by atoms with van der Waals surface area (Å²) in [5.74, 6) is -0.274. The number of aryl methyl sites for hydroxylation is 1. The van der Waals surface area contributed by atoms with Gasteiger partial charge in [0, 0.05) is 24.6 Å². The molecule has 0 amide bonds. The van der Waals surface area contributed by atoms with Gasteiger partial charge in [-0.3, -0.25) is 4.79 Å². The van der Waals surface area contributed by atoms with Crippen molar-refractivity contribution in [2.75, 3.05) is 19.8 Å².